The van der Waals surface area contributed by atoms with E-state index in [1.807, 2.05) is 65.2 Å². The van der Waals surface area contributed by atoms with E-state index in [1.54, 1.807) is 17.2 Å². The van der Waals surface area contributed by atoms with Gasteiger partial charge in [0, 0.05) is 22.6 Å². The van der Waals surface area contributed by atoms with Crippen molar-refractivity contribution in [3.8, 4) is 11.3 Å². The highest BCUT2D eigenvalue weighted by Gasteiger charge is 2.35. The number of nitrogens with zero attached hydrogens (tertiary/aromatic N) is 2. The average Bonchev–Trinajstić information content (AvgIpc) is 3.52. The molecule has 0 unspecified atom stereocenters. The van der Waals surface area contributed by atoms with E-state index in [2.05, 4.69) is 6.07 Å². The first kappa shape index (κ1) is 20.6. The Kier molecular flexibility index (Phi) is 5.35. The van der Waals surface area contributed by atoms with Crippen LogP contribution in [0.2, 0.25) is 0 Å². The molecule has 1 aliphatic heterocycles. The second-order valence-corrected chi connectivity index (χ2v) is 10.4. The third-order valence-electron chi connectivity index (χ3n) is 6.05. The lowest BCUT2D eigenvalue weighted by atomic mass is 10.1. The Labute approximate surface area is 187 Å². The van der Waals surface area contributed by atoms with Gasteiger partial charge in [-0.3, -0.25) is 4.79 Å². The molecule has 1 atom stereocenters. The molecule has 1 aliphatic rings. The Morgan fingerprint density at radius 2 is 1.81 bits per heavy atom. The summed E-state index contributed by atoms with van der Waals surface area (Å²) < 4.78 is 31.8. The fourth-order valence-corrected chi connectivity index (χ4v) is 6.20. The zero-order chi connectivity index (χ0) is 22.1. The first-order valence-electron chi connectivity index (χ1n) is 10.7. The van der Waals surface area contributed by atoms with Crippen LogP contribution in [0, 0.1) is 0 Å². The second-order valence-electron chi connectivity index (χ2n) is 8.20. The molecular weight excluding hydrogens is 424 g/mol. The van der Waals surface area contributed by atoms with Crippen molar-refractivity contribution >= 4 is 26.6 Å². The SMILES string of the molecule is O=C(Cn1c(-c2ccccc2)cc2ccccc21)N(Cc1ccco1)[C@H]1CCS(=O)(=O)C1. The number of sulfone groups is 1. The van der Waals surface area contributed by atoms with Crippen molar-refractivity contribution in [1.82, 2.24) is 9.47 Å². The summed E-state index contributed by atoms with van der Waals surface area (Å²) in [7, 11) is -3.13. The molecule has 3 heterocycles. The number of carbonyl (C=O) groups excluding carboxylic acids is 1. The average molecular weight is 449 g/mol. The molecule has 32 heavy (non-hydrogen) atoms. The lowest BCUT2D eigenvalue weighted by Crippen LogP contribution is -2.42. The highest BCUT2D eigenvalue weighted by atomic mass is 32.2. The number of aromatic nitrogens is 1. The predicted octanol–water partition coefficient (Wildman–Crippen LogP) is 4.12. The smallest absolute Gasteiger partial charge is 0.243 e. The molecule has 1 fully saturated rings. The van der Waals surface area contributed by atoms with E-state index >= 15 is 0 Å². The first-order chi connectivity index (χ1) is 15.5. The topological polar surface area (TPSA) is 72.5 Å². The molecule has 1 amide bonds. The van der Waals surface area contributed by atoms with Crippen molar-refractivity contribution < 1.29 is 17.6 Å². The lowest BCUT2D eigenvalue weighted by molar-refractivity contribution is -0.134. The van der Waals surface area contributed by atoms with Crippen LogP contribution in [0.5, 0.6) is 0 Å². The molecule has 5 rings (SSSR count). The summed E-state index contributed by atoms with van der Waals surface area (Å²) in [6, 6.07) is 23.3. The molecule has 164 valence electrons. The van der Waals surface area contributed by atoms with Gasteiger partial charge in [-0.2, -0.15) is 0 Å². The predicted molar refractivity (Wildman–Crippen MR) is 124 cm³/mol. The van der Waals surface area contributed by atoms with E-state index in [0.717, 1.165) is 22.2 Å². The van der Waals surface area contributed by atoms with Crippen molar-refractivity contribution in [2.24, 2.45) is 0 Å². The number of amides is 1. The van der Waals surface area contributed by atoms with Crippen LogP contribution in [0.25, 0.3) is 22.2 Å². The first-order valence-corrected chi connectivity index (χ1v) is 12.5. The largest absolute Gasteiger partial charge is 0.467 e. The van der Waals surface area contributed by atoms with Crippen LogP contribution < -0.4 is 0 Å². The van der Waals surface area contributed by atoms with E-state index in [0.29, 0.717) is 12.2 Å². The quantitative estimate of drug-likeness (QED) is 0.445. The van der Waals surface area contributed by atoms with E-state index in [9.17, 15) is 13.2 Å². The van der Waals surface area contributed by atoms with Gasteiger partial charge in [0.05, 0.1) is 24.3 Å². The van der Waals surface area contributed by atoms with E-state index in [1.165, 1.54) is 0 Å². The molecule has 7 heteroatoms. The molecule has 2 aromatic heterocycles. The molecule has 0 bridgehead atoms. The lowest BCUT2D eigenvalue weighted by Gasteiger charge is -2.28. The summed E-state index contributed by atoms with van der Waals surface area (Å²) in [5.41, 5.74) is 2.95. The molecule has 4 aromatic rings. The van der Waals surface area contributed by atoms with Crippen LogP contribution in [0.1, 0.15) is 12.2 Å². The molecule has 0 spiro atoms. The number of para-hydroxylation sites is 1. The van der Waals surface area contributed by atoms with Gasteiger partial charge in [0.1, 0.15) is 12.3 Å². The molecule has 0 radical (unpaired) electrons. The number of rotatable bonds is 6. The van der Waals surface area contributed by atoms with E-state index < -0.39 is 9.84 Å². The summed E-state index contributed by atoms with van der Waals surface area (Å²) in [6.45, 7) is 0.376. The minimum atomic E-state index is -3.13. The zero-order valence-electron chi connectivity index (χ0n) is 17.6. The third kappa shape index (κ3) is 4.08. The summed E-state index contributed by atoms with van der Waals surface area (Å²) in [5, 5.41) is 1.06. The van der Waals surface area contributed by atoms with E-state index in [4.69, 9.17) is 4.42 Å². The third-order valence-corrected chi connectivity index (χ3v) is 7.80. The van der Waals surface area contributed by atoms with Crippen molar-refractivity contribution in [3.05, 3.63) is 84.8 Å². The number of carbonyl (C=O) groups is 1. The fourth-order valence-electron chi connectivity index (χ4n) is 4.47. The number of hydrogen-bond acceptors (Lipinski definition) is 4. The van der Waals surface area contributed by atoms with E-state index in [-0.39, 0.29) is 36.5 Å². The van der Waals surface area contributed by atoms with Gasteiger partial charge >= 0.3 is 0 Å². The molecule has 0 aliphatic carbocycles. The van der Waals surface area contributed by atoms with Gasteiger partial charge in [-0.25, -0.2) is 8.42 Å². The van der Waals surface area contributed by atoms with Crippen LogP contribution in [0.15, 0.2) is 83.5 Å². The number of benzene rings is 2. The van der Waals surface area contributed by atoms with Crippen LogP contribution in [0.4, 0.5) is 0 Å². The normalized spacial score (nSPS) is 17.6. The second kappa shape index (κ2) is 8.31. The van der Waals surface area contributed by atoms with Gasteiger partial charge in [-0.15, -0.1) is 0 Å². The molecule has 0 saturated carbocycles. The number of hydrogen-bond donors (Lipinski definition) is 0. The van der Waals surface area contributed by atoms with Gasteiger partial charge in [-0.05, 0) is 36.2 Å². The van der Waals surface area contributed by atoms with Crippen LogP contribution >= 0.6 is 0 Å². The van der Waals surface area contributed by atoms with Crippen molar-refractivity contribution in [3.63, 3.8) is 0 Å². The van der Waals surface area contributed by atoms with Crippen molar-refractivity contribution in [2.75, 3.05) is 11.5 Å². The monoisotopic (exact) mass is 448 g/mol. The maximum Gasteiger partial charge on any atom is 0.243 e. The zero-order valence-corrected chi connectivity index (χ0v) is 18.4. The Balaban J connectivity index is 1.52. The van der Waals surface area contributed by atoms with Crippen molar-refractivity contribution in [2.45, 2.75) is 25.6 Å². The van der Waals surface area contributed by atoms with Crippen LogP contribution in [-0.2, 0) is 27.7 Å². The summed E-state index contributed by atoms with van der Waals surface area (Å²) in [5.74, 6) is 0.629. The Hall–Kier alpha value is -3.32. The Morgan fingerprint density at radius 3 is 2.53 bits per heavy atom. The maximum absolute atomic E-state index is 13.6. The van der Waals surface area contributed by atoms with Crippen LogP contribution in [-0.4, -0.2) is 41.3 Å². The molecule has 1 saturated heterocycles. The molecule has 2 aromatic carbocycles. The van der Waals surface area contributed by atoms with Gasteiger partial charge in [0.15, 0.2) is 9.84 Å². The standard InChI is InChI=1S/C25H24N2O4S/c28-25(26(16-22-10-6-13-31-22)21-12-14-32(29,30)18-21)17-27-23-11-5-4-9-20(23)15-24(27)19-7-2-1-3-8-19/h1-11,13,15,21H,12,14,16-18H2/t21-/m0/s1. The molecule has 6 nitrogen and oxygen atoms in total. The van der Waals surface area contributed by atoms with Gasteiger partial charge in [-0.1, -0.05) is 48.5 Å². The highest BCUT2D eigenvalue weighted by Crippen LogP contribution is 2.29. The Morgan fingerprint density at radius 1 is 1.03 bits per heavy atom. The van der Waals surface area contributed by atoms with Crippen molar-refractivity contribution in [1.29, 1.82) is 0 Å². The Bertz CT molecular complexity index is 1340. The highest BCUT2D eigenvalue weighted by molar-refractivity contribution is 7.91. The van der Waals surface area contributed by atoms with Crippen LogP contribution in [0.3, 0.4) is 0 Å². The summed E-state index contributed by atoms with van der Waals surface area (Å²) >= 11 is 0. The maximum atomic E-state index is 13.6. The molecular formula is C25H24N2O4S. The fraction of sp³-hybridized carbons (Fsp3) is 0.240. The minimum absolute atomic E-state index is 0.00256. The number of furan rings is 1. The number of fused-ring (bicyclic) bond motifs is 1. The summed E-state index contributed by atoms with van der Waals surface area (Å²) in [6.07, 6.45) is 2.02. The minimum Gasteiger partial charge on any atom is -0.467 e. The van der Waals surface area contributed by atoms with Gasteiger partial charge in [0.2, 0.25) is 5.91 Å². The van der Waals surface area contributed by atoms with Gasteiger partial charge < -0.3 is 13.9 Å². The summed E-state index contributed by atoms with van der Waals surface area (Å²) in [4.78, 5) is 15.3. The molecule has 0 N–H and O–H groups in total. The van der Waals surface area contributed by atoms with Gasteiger partial charge in [0.25, 0.3) is 0 Å².